The van der Waals surface area contributed by atoms with Crippen LogP contribution < -0.4 is 10.1 Å². The minimum Gasteiger partial charge on any atom is -0.484 e. The van der Waals surface area contributed by atoms with Gasteiger partial charge in [0.2, 0.25) is 5.91 Å². The van der Waals surface area contributed by atoms with Crippen LogP contribution in [-0.4, -0.2) is 34.9 Å². The highest BCUT2D eigenvalue weighted by molar-refractivity contribution is 9.10. The summed E-state index contributed by atoms with van der Waals surface area (Å²) < 4.78 is 6.86. The molecule has 0 heterocycles. The predicted molar refractivity (Wildman–Crippen MR) is 153 cm³/mol. The van der Waals surface area contributed by atoms with Gasteiger partial charge in [-0.25, -0.2) is 0 Å². The normalized spacial score (nSPS) is 12.1. The molecule has 3 rings (SSSR count). The number of benzene rings is 3. The van der Waals surface area contributed by atoms with Crippen LogP contribution in [0.15, 0.2) is 71.2 Å². The molecular formula is C30H34BrClN2O3. The van der Waals surface area contributed by atoms with Gasteiger partial charge in [0.15, 0.2) is 6.61 Å². The lowest BCUT2D eigenvalue weighted by molar-refractivity contribution is -0.143. The topological polar surface area (TPSA) is 58.6 Å². The fourth-order valence-corrected chi connectivity index (χ4v) is 4.38. The van der Waals surface area contributed by atoms with Crippen molar-refractivity contribution in [3.05, 3.63) is 98.5 Å². The fraction of sp³-hybridized carbons (Fsp3) is 0.333. The third-order valence-corrected chi connectivity index (χ3v) is 6.93. The van der Waals surface area contributed by atoms with Crippen molar-refractivity contribution in [3.63, 3.8) is 0 Å². The molecule has 0 fully saturated rings. The molecule has 196 valence electrons. The van der Waals surface area contributed by atoms with Gasteiger partial charge in [-0.3, -0.25) is 9.59 Å². The highest BCUT2D eigenvalue weighted by atomic mass is 79.9. The molecule has 3 aromatic rings. The van der Waals surface area contributed by atoms with Crippen molar-refractivity contribution in [2.45, 2.75) is 59.2 Å². The van der Waals surface area contributed by atoms with Crippen LogP contribution in [0.25, 0.3) is 0 Å². The Bertz CT molecular complexity index is 1200. The monoisotopic (exact) mass is 584 g/mol. The molecule has 7 heteroatoms. The Kier molecular flexibility index (Phi) is 9.80. The summed E-state index contributed by atoms with van der Waals surface area (Å²) in [5, 5.41) is 3.75. The number of carbonyl (C=O) groups excluding carboxylic acids is 2. The summed E-state index contributed by atoms with van der Waals surface area (Å²) in [4.78, 5) is 28.9. The standard InChI is InChI=1S/C30H34BrClN2O3/c1-20-15-25(16-21(2)28(20)32)37-19-27(35)34(18-23-11-13-24(31)14-12-23)26(29(36)33-30(3,4)5)17-22-9-7-6-8-10-22/h6-16,26H,17-19H2,1-5H3,(H,33,36). The van der Waals surface area contributed by atoms with Gasteiger partial charge in [-0.05, 0) is 81.1 Å². The highest BCUT2D eigenvalue weighted by Crippen LogP contribution is 2.26. The lowest BCUT2D eigenvalue weighted by atomic mass is 10.0. The van der Waals surface area contributed by atoms with Gasteiger partial charge >= 0.3 is 0 Å². The Morgan fingerprint density at radius 3 is 2.14 bits per heavy atom. The first-order valence-corrected chi connectivity index (χ1v) is 13.4. The number of hydrogen-bond donors (Lipinski definition) is 1. The second-order valence-electron chi connectivity index (χ2n) is 10.3. The maximum Gasteiger partial charge on any atom is 0.261 e. The average Bonchev–Trinajstić information content (AvgIpc) is 2.83. The first kappa shape index (κ1) is 28.7. The maximum absolute atomic E-state index is 13.7. The lowest BCUT2D eigenvalue weighted by Crippen LogP contribution is -2.55. The van der Waals surface area contributed by atoms with E-state index < -0.39 is 11.6 Å². The molecule has 2 amide bonds. The SMILES string of the molecule is Cc1cc(OCC(=O)N(Cc2ccc(Br)cc2)C(Cc2ccccc2)C(=O)NC(C)(C)C)cc(C)c1Cl. The molecule has 0 bridgehead atoms. The second kappa shape index (κ2) is 12.6. The summed E-state index contributed by atoms with van der Waals surface area (Å²) in [7, 11) is 0. The first-order chi connectivity index (χ1) is 17.4. The van der Waals surface area contributed by atoms with E-state index in [2.05, 4.69) is 21.2 Å². The Balaban J connectivity index is 1.94. The van der Waals surface area contributed by atoms with E-state index in [1.54, 1.807) is 4.90 Å². The number of carbonyl (C=O) groups is 2. The molecule has 1 unspecified atom stereocenters. The molecular weight excluding hydrogens is 552 g/mol. The zero-order valence-electron chi connectivity index (χ0n) is 22.0. The third kappa shape index (κ3) is 8.61. The van der Waals surface area contributed by atoms with Crippen molar-refractivity contribution in [2.24, 2.45) is 0 Å². The Labute approximate surface area is 233 Å². The van der Waals surface area contributed by atoms with Gasteiger partial charge in [0.05, 0.1) is 0 Å². The van der Waals surface area contributed by atoms with Gasteiger partial charge < -0.3 is 15.0 Å². The van der Waals surface area contributed by atoms with Crippen molar-refractivity contribution in [1.82, 2.24) is 10.2 Å². The minimum absolute atomic E-state index is 0.203. The van der Waals surface area contributed by atoms with Gasteiger partial charge in [-0.1, -0.05) is 70.0 Å². The summed E-state index contributed by atoms with van der Waals surface area (Å²) in [6.07, 6.45) is 0.379. The zero-order valence-corrected chi connectivity index (χ0v) is 24.3. The van der Waals surface area contributed by atoms with Gasteiger partial charge in [0.1, 0.15) is 11.8 Å². The maximum atomic E-state index is 13.7. The van der Waals surface area contributed by atoms with Crippen molar-refractivity contribution >= 4 is 39.3 Å². The first-order valence-electron chi connectivity index (χ1n) is 12.2. The number of amides is 2. The molecule has 0 aliphatic carbocycles. The molecule has 3 aromatic carbocycles. The summed E-state index contributed by atoms with van der Waals surface area (Å²) in [6.45, 7) is 9.65. The Morgan fingerprint density at radius 2 is 1.57 bits per heavy atom. The number of rotatable bonds is 9. The third-order valence-electron chi connectivity index (χ3n) is 5.81. The van der Waals surface area contributed by atoms with Crippen molar-refractivity contribution in [1.29, 1.82) is 0 Å². The number of hydrogen-bond acceptors (Lipinski definition) is 3. The summed E-state index contributed by atoms with van der Waals surface area (Å²) in [6, 6.07) is 20.4. The Hall–Kier alpha value is -2.83. The zero-order chi connectivity index (χ0) is 27.2. The van der Waals surface area contributed by atoms with E-state index in [1.165, 1.54) is 0 Å². The van der Waals surface area contributed by atoms with E-state index in [9.17, 15) is 9.59 Å². The average molecular weight is 586 g/mol. The molecule has 0 saturated carbocycles. The fourth-order valence-electron chi connectivity index (χ4n) is 4.01. The van der Waals surface area contributed by atoms with Crippen LogP contribution in [-0.2, 0) is 22.6 Å². The van der Waals surface area contributed by atoms with Crippen LogP contribution in [0.5, 0.6) is 5.75 Å². The molecule has 5 nitrogen and oxygen atoms in total. The van der Waals surface area contributed by atoms with E-state index in [1.807, 2.05) is 101 Å². The van der Waals surface area contributed by atoms with Crippen LogP contribution in [0.1, 0.15) is 43.0 Å². The summed E-state index contributed by atoms with van der Waals surface area (Å²) in [5.41, 5.74) is 3.18. The molecule has 1 N–H and O–H groups in total. The van der Waals surface area contributed by atoms with Crippen LogP contribution in [0.2, 0.25) is 5.02 Å². The van der Waals surface area contributed by atoms with E-state index in [0.29, 0.717) is 17.2 Å². The largest absolute Gasteiger partial charge is 0.484 e. The quantitative estimate of drug-likeness (QED) is 0.306. The predicted octanol–water partition coefficient (Wildman–Crippen LogP) is 6.65. The van der Waals surface area contributed by atoms with Gasteiger partial charge in [0.25, 0.3) is 5.91 Å². The number of halogens is 2. The van der Waals surface area contributed by atoms with Crippen LogP contribution in [0.4, 0.5) is 0 Å². The lowest BCUT2D eigenvalue weighted by Gasteiger charge is -2.33. The molecule has 0 aliphatic rings. The molecule has 1 atom stereocenters. The number of ether oxygens (including phenoxy) is 1. The van der Waals surface area contributed by atoms with Crippen LogP contribution >= 0.6 is 27.5 Å². The Morgan fingerprint density at radius 1 is 0.973 bits per heavy atom. The second-order valence-corrected chi connectivity index (χ2v) is 11.5. The van der Waals surface area contributed by atoms with Crippen LogP contribution in [0.3, 0.4) is 0 Å². The molecule has 0 radical (unpaired) electrons. The molecule has 0 spiro atoms. The van der Waals surface area contributed by atoms with Gasteiger partial charge in [-0.2, -0.15) is 0 Å². The van der Waals surface area contributed by atoms with Crippen molar-refractivity contribution in [3.8, 4) is 5.75 Å². The molecule has 0 aromatic heterocycles. The number of nitrogens with one attached hydrogen (secondary N) is 1. The summed E-state index contributed by atoms with van der Waals surface area (Å²) >= 11 is 9.76. The molecule has 0 saturated heterocycles. The number of aryl methyl sites for hydroxylation is 2. The highest BCUT2D eigenvalue weighted by Gasteiger charge is 2.32. The van der Waals surface area contributed by atoms with E-state index in [0.717, 1.165) is 26.7 Å². The van der Waals surface area contributed by atoms with E-state index in [-0.39, 0.29) is 25.0 Å². The van der Waals surface area contributed by atoms with Crippen molar-refractivity contribution < 1.29 is 14.3 Å². The smallest absolute Gasteiger partial charge is 0.261 e. The van der Waals surface area contributed by atoms with Gasteiger partial charge in [0, 0.05) is 28.0 Å². The van der Waals surface area contributed by atoms with Crippen molar-refractivity contribution in [2.75, 3.05) is 6.61 Å². The van der Waals surface area contributed by atoms with Gasteiger partial charge in [-0.15, -0.1) is 0 Å². The summed E-state index contributed by atoms with van der Waals surface area (Å²) in [5.74, 6) is 0.0771. The number of nitrogens with zero attached hydrogens (tertiary/aromatic N) is 1. The van der Waals surface area contributed by atoms with E-state index in [4.69, 9.17) is 16.3 Å². The molecule has 37 heavy (non-hydrogen) atoms. The van der Waals surface area contributed by atoms with E-state index >= 15 is 0 Å². The molecule has 0 aliphatic heterocycles. The minimum atomic E-state index is -0.727. The van der Waals surface area contributed by atoms with Crippen LogP contribution in [0, 0.1) is 13.8 Å².